The standard InChI is InChI=1S/C19H27N5O/c1-3-20-18(25)15-24-11-9-23(10-12-24)14-17-13-22(2)21-19(17)16-7-5-4-6-8-16/h4-8,13H,3,9-12,14-15H2,1-2H3,(H,20,25). The van der Waals surface area contributed by atoms with Gasteiger partial charge in [-0.25, -0.2) is 0 Å². The lowest BCUT2D eigenvalue weighted by molar-refractivity contribution is -0.122. The van der Waals surface area contributed by atoms with Crippen molar-refractivity contribution in [2.75, 3.05) is 39.3 Å². The van der Waals surface area contributed by atoms with Gasteiger partial charge in [0.05, 0.1) is 12.2 Å². The summed E-state index contributed by atoms with van der Waals surface area (Å²) in [5.74, 6) is 0.120. The number of aryl methyl sites for hydroxylation is 1. The van der Waals surface area contributed by atoms with E-state index < -0.39 is 0 Å². The molecule has 0 bridgehead atoms. The second kappa shape index (κ2) is 8.27. The Balaban J connectivity index is 1.59. The third kappa shape index (κ3) is 4.67. The van der Waals surface area contributed by atoms with Gasteiger partial charge in [-0.15, -0.1) is 0 Å². The maximum absolute atomic E-state index is 11.7. The Labute approximate surface area is 149 Å². The average molecular weight is 341 g/mol. The van der Waals surface area contributed by atoms with E-state index in [4.69, 9.17) is 0 Å². The van der Waals surface area contributed by atoms with E-state index in [9.17, 15) is 4.79 Å². The highest BCUT2D eigenvalue weighted by Crippen LogP contribution is 2.23. The van der Waals surface area contributed by atoms with Gasteiger partial charge in [0.15, 0.2) is 0 Å². The summed E-state index contributed by atoms with van der Waals surface area (Å²) in [4.78, 5) is 16.4. The molecule has 0 atom stereocenters. The Morgan fingerprint density at radius 2 is 1.80 bits per heavy atom. The predicted octanol–water partition coefficient (Wildman–Crippen LogP) is 1.34. The summed E-state index contributed by atoms with van der Waals surface area (Å²) in [6.45, 7) is 7.86. The van der Waals surface area contributed by atoms with E-state index in [1.54, 1.807) is 0 Å². The summed E-state index contributed by atoms with van der Waals surface area (Å²) in [6.07, 6.45) is 2.11. The van der Waals surface area contributed by atoms with Crippen molar-refractivity contribution in [3.05, 3.63) is 42.1 Å². The minimum atomic E-state index is 0.120. The summed E-state index contributed by atoms with van der Waals surface area (Å²) in [5.41, 5.74) is 3.48. The van der Waals surface area contributed by atoms with Crippen LogP contribution in [-0.2, 0) is 18.4 Å². The second-order valence-electron chi connectivity index (χ2n) is 6.55. The molecule has 0 aliphatic carbocycles. The first-order valence-electron chi connectivity index (χ1n) is 8.95. The minimum Gasteiger partial charge on any atom is -0.355 e. The molecule has 134 valence electrons. The summed E-state index contributed by atoms with van der Waals surface area (Å²) in [6, 6.07) is 10.3. The number of carbonyl (C=O) groups is 1. The number of benzene rings is 1. The van der Waals surface area contributed by atoms with E-state index in [0.29, 0.717) is 13.1 Å². The largest absolute Gasteiger partial charge is 0.355 e. The third-order valence-corrected chi connectivity index (χ3v) is 4.55. The molecule has 1 fully saturated rings. The normalized spacial score (nSPS) is 16.1. The van der Waals surface area contributed by atoms with Gasteiger partial charge in [-0.1, -0.05) is 30.3 Å². The zero-order valence-corrected chi connectivity index (χ0v) is 15.1. The molecule has 1 saturated heterocycles. The van der Waals surface area contributed by atoms with Crippen molar-refractivity contribution in [2.24, 2.45) is 7.05 Å². The molecule has 1 aliphatic heterocycles. The first-order chi connectivity index (χ1) is 12.2. The van der Waals surface area contributed by atoms with Crippen LogP contribution in [0.3, 0.4) is 0 Å². The molecule has 1 N–H and O–H groups in total. The van der Waals surface area contributed by atoms with Crippen LogP contribution in [0.2, 0.25) is 0 Å². The number of amides is 1. The number of hydrogen-bond donors (Lipinski definition) is 1. The van der Waals surface area contributed by atoms with Gasteiger partial charge >= 0.3 is 0 Å². The minimum absolute atomic E-state index is 0.120. The lowest BCUT2D eigenvalue weighted by Gasteiger charge is -2.34. The van der Waals surface area contributed by atoms with E-state index >= 15 is 0 Å². The van der Waals surface area contributed by atoms with Crippen molar-refractivity contribution >= 4 is 5.91 Å². The molecule has 1 aromatic heterocycles. The Morgan fingerprint density at radius 3 is 2.48 bits per heavy atom. The number of rotatable bonds is 6. The monoisotopic (exact) mass is 341 g/mol. The molecule has 6 heteroatoms. The molecule has 0 radical (unpaired) electrons. The Bertz CT molecular complexity index is 689. The van der Waals surface area contributed by atoms with Crippen molar-refractivity contribution < 1.29 is 4.79 Å². The average Bonchev–Trinajstić information content (AvgIpc) is 2.98. The molecule has 1 aromatic carbocycles. The fourth-order valence-corrected chi connectivity index (χ4v) is 3.29. The van der Waals surface area contributed by atoms with Gasteiger partial charge in [-0.2, -0.15) is 5.10 Å². The highest BCUT2D eigenvalue weighted by atomic mass is 16.2. The van der Waals surface area contributed by atoms with E-state index in [1.165, 1.54) is 5.56 Å². The van der Waals surface area contributed by atoms with Crippen molar-refractivity contribution in [3.8, 4) is 11.3 Å². The van der Waals surface area contributed by atoms with E-state index in [2.05, 4.69) is 38.5 Å². The SMILES string of the molecule is CCNC(=O)CN1CCN(Cc2cn(C)nc2-c2ccccc2)CC1. The molecular formula is C19H27N5O. The number of hydrogen-bond acceptors (Lipinski definition) is 4. The molecule has 25 heavy (non-hydrogen) atoms. The topological polar surface area (TPSA) is 53.4 Å². The molecule has 2 aromatic rings. The van der Waals surface area contributed by atoms with Gasteiger partial charge in [0.25, 0.3) is 0 Å². The Hall–Kier alpha value is -2.18. The van der Waals surface area contributed by atoms with Crippen LogP contribution in [0, 0.1) is 0 Å². The van der Waals surface area contributed by atoms with Crippen LogP contribution in [-0.4, -0.2) is 64.8 Å². The highest BCUT2D eigenvalue weighted by Gasteiger charge is 2.20. The number of aromatic nitrogens is 2. The molecule has 0 unspecified atom stereocenters. The summed E-state index contributed by atoms with van der Waals surface area (Å²) < 4.78 is 1.89. The van der Waals surface area contributed by atoms with Crippen LogP contribution in [0.25, 0.3) is 11.3 Å². The molecule has 0 saturated carbocycles. The first kappa shape index (κ1) is 17.6. The van der Waals surface area contributed by atoms with Gasteiger partial charge in [0, 0.05) is 63.6 Å². The van der Waals surface area contributed by atoms with Crippen LogP contribution in [0.15, 0.2) is 36.5 Å². The smallest absolute Gasteiger partial charge is 0.234 e. The van der Waals surface area contributed by atoms with Gasteiger partial charge < -0.3 is 5.32 Å². The quantitative estimate of drug-likeness (QED) is 0.862. The summed E-state index contributed by atoms with van der Waals surface area (Å²) in [7, 11) is 1.97. The van der Waals surface area contributed by atoms with Crippen LogP contribution >= 0.6 is 0 Å². The summed E-state index contributed by atoms with van der Waals surface area (Å²) in [5, 5.41) is 7.51. The first-order valence-corrected chi connectivity index (χ1v) is 8.95. The zero-order valence-electron chi connectivity index (χ0n) is 15.1. The fraction of sp³-hybridized carbons (Fsp3) is 0.474. The fourth-order valence-electron chi connectivity index (χ4n) is 3.29. The van der Waals surface area contributed by atoms with E-state index in [-0.39, 0.29) is 5.91 Å². The molecule has 6 nitrogen and oxygen atoms in total. The second-order valence-corrected chi connectivity index (χ2v) is 6.55. The number of nitrogens with one attached hydrogen (secondary N) is 1. The van der Waals surface area contributed by atoms with Gasteiger partial charge in [-0.3, -0.25) is 19.3 Å². The molecule has 0 spiro atoms. The number of nitrogens with zero attached hydrogens (tertiary/aromatic N) is 4. The van der Waals surface area contributed by atoms with E-state index in [0.717, 1.165) is 44.0 Å². The third-order valence-electron chi connectivity index (χ3n) is 4.55. The van der Waals surface area contributed by atoms with Crippen molar-refractivity contribution in [1.82, 2.24) is 24.9 Å². The van der Waals surface area contributed by atoms with Crippen LogP contribution in [0.5, 0.6) is 0 Å². The predicted molar refractivity (Wildman–Crippen MR) is 99.0 cm³/mol. The van der Waals surface area contributed by atoms with Crippen LogP contribution in [0.1, 0.15) is 12.5 Å². The number of piperazine rings is 1. The van der Waals surface area contributed by atoms with Gasteiger partial charge in [0.2, 0.25) is 5.91 Å². The highest BCUT2D eigenvalue weighted by molar-refractivity contribution is 5.77. The van der Waals surface area contributed by atoms with Gasteiger partial charge in [-0.05, 0) is 6.92 Å². The maximum Gasteiger partial charge on any atom is 0.234 e. The summed E-state index contributed by atoms with van der Waals surface area (Å²) >= 11 is 0. The lowest BCUT2D eigenvalue weighted by atomic mass is 10.1. The number of carbonyl (C=O) groups excluding carboxylic acids is 1. The zero-order chi connectivity index (χ0) is 17.6. The van der Waals surface area contributed by atoms with Crippen molar-refractivity contribution in [1.29, 1.82) is 0 Å². The molecule has 1 amide bonds. The Kier molecular flexibility index (Phi) is 5.83. The number of likely N-dealkylation sites (N-methyl/N-ethyl adjacent to an activating group) is 1. The molecular weight excluding hydrogens is 314 g/mol. The van der Waals surface area contributed by atoms with Crippen LogP contribution < -0.4 is 5.32 Å². The van der Waals surface area contributed by atoms with Crippen molar-refractivity contribution in [3.63, 3.8) is 0 Å². The molecule has 3 rings (SSSR count). The van der Waals surface area contributed by atoms with E-state index in [1.807, 2.05) is 36.9 Å². The van der Waals surface area contributed by atoms with Crippen molar-refractivity contribution in [2.45, 2.75) is 13.5 Å². The van der Waals surface area contributed by atoms with Crippen LogP contribution in [0.4, 0.5) is 0 Å². The maximum atomic E-state index is 11.7. The lowest BCUT2D eigenvalue weighted by Crippen LogP contribution is -2.49. The Morgan fingerprint density at radius 1 is 1.12 bits per heavy atom. The molecule has 2 heterocycles. The molecule has 1 aliphatic rings. The van der Waals surface area contributed by atoms with Gasteiger partial charge in [0.1, 0.15) is 0 Å².